The summed E-state index contributed by atoms with van der Waals surface area (Å²) in [6.07, 6.45) is 9.84. The van der Waals surface area contributed by atoms with Gasteiger partial charge in [0.05, 0.1) is 28.1 Å². The number of aliphatic hydroxyl groups excluding tert-OH is 1. The fourth-order valence-electron chi connectivity index (χ4n) is 4.93. The van der Waals surface area contributed by atoms with Crippen molar-refractivity contribution >= 4 is 32.5 Å². The number of hydrogen-bond acceptors (Lipinski definition) is 8. The number of aromatic nitrogens is 3. The third kappa shape index (κ3) is 5.29. The van der Waals surface area contributed by atoms with Crippen LogP contribution in [0, 0.1) is 0 Å². The van der Waals surface area contributed by atoms with Crippen molar-refractivity contribution in [1.82, 2.24) is 15.0 Å². The molecule has 2 atom stereocenters. The highest BCUT2D eigenvalue weighted by atomic mass is 32.1. The van der Waals surface area contributed by atoms with E-state index in [4.69, 9.17) is 9.72 Å². The van der Waals surface area contributed by atoms with E-state index in [0.717, 1.165) is 82.7 Å². The molecule has 1 saturated heterocycles. The molecular formula is C28H33N5O2S. The second-order valence-electron chi connectivity index (χ2n) is 9.33. The largest absolute Gasteiger partial charge is 0.457 e. The SMILES string of the molecule is C.O[C@@H]1CCCC[C@H]1Nc1nc2ccc(Oc3ccnc(-c4ccnc(N5CCCC5)c4)c3)cc2s1. The number of aliphatic hydroxyl groups is 1. The number of benzene rings is 1. The van der Waals surface area contributed by atoms with Crippen LogP contribution in [0.4, 0.5) is 10.9 Å². The summed E-state index contributed by atoms with van der Waals surface area (Å²) in [6, 6.07) is 14.0. The number of nitrogens with zero attached hydrogens (tertiary/aromatic N) is 4. The number of fused-ring (bicyclic) bond motifs is 1. The van der Waals surface area contributed by atoms with Crippen LogP contribution in [0.5, 0.6) is 11.5 Å². The first kappa shape index (κ1) is 24.5. The minimum atomic E-state index is -0.303. The van der Waals surface area contributed by atoms with Gasteiger partial charge in [-0.05, 0) is 56.0 Å². The lowest BCUT2D eigenvalue weighted by atomic mass is 9.93. The van der Waals surface area contributed by atoms with Gasteiger partial charge in [-0.15, -0.1) is 0 Å². The van der Waals surface area contributed by atoms with Gasteiger partial charge >= 0.3 is 0 Å². The van der Waals surface area contributed by atoms with Gasteiger partial charge in [-0.3, -0.25) is 4.98 Å². The maximum Gasteiger partial charge on any atom is 0.184 e. The van der Waals surface area contributed by atoms with Crippen molar-refractivity contribution in [3.8, 4) is 22.8 Å². The Kier molecular flexibility index (Phi) is 7.34. The Morgan fingerprint density at radius 1 is 0.917 bits per heavy atom. The van der Waals surface area contributed by atoms with Crippen molar-refractivity contribution in [2.75, 3.05) is 23.3 Å². The summed E-state index contributed by atoms with van der Waals surface area (Å²) in [6.45, 7) is 2.12. The fraction of sp³-hybridized carbons (Fsp3) is 0.393. The van der Waals surface area contributed by atoms with E-state index < -0.39 is 0 Å². The van der Waals surface area contributed by atoms with E-state index in [-0.39, 0.29) is 19.6 Å². The quantitative estimate of drug-likeness (QED) is 0.311. The van der Waals surface area contributed by atoms with Crippen LogP contribution in [0.2, 0.25) is 0 Å². The Labute approximate surface area is 216 Å². The highest BCUT2D eigenvalue weighted by Gasteiger charge is 2.23. The minimum absolute atomic E-state index is 0. The monoisotopic (exact) mass is 503 g/mol. The summed E-state index contributed by atoms with van der Waals surface area (Å²) in [4.78, 5) is 16.2. The number of nitrogens with one attached hydrogen (secondary N) is 1. The van der Waals surface area contributed by atoms with E-state index in [9.17, 15) is 5.11 Å². The van der Waals surface area contributed by atoms with Crippen LogP contribution in [-0.2, 0) is 0 Å². The predicted octanol–water partition coefficient (Wildman–Crippen LogP) is 6.50. The second-order valence-corrected chi connectivity index (χ2v) is 10.4. The predicted molar refractivity (Wildman–Crippen MR) is 147 cm³/mol. The topological polar surface area (TPSA) is 83.4 Å². The average Bonchev–Trinajstić information content (AvgIpc) is 3.56. The van der Waals surface area contributed by atoms with Crippen LogP contribution in [0.1, 0.15) is 46.0 Å². The highest BCUT2D eigenvalue weighted by molar-refractivity contribution is 7.22. The van der Waals surface area contributed by atoms with Gasteiger partial charge < -0.3 is 20.1 Å². The summed E-state index contributed by atoms with van der Waals surface area (Å²) >= 11 is 1.59. The molecule has 1 aliphatic heterocycles. The van der Waals surface area contributed by atoms with Crippen LogP contribution < -0.4 is 15.0 Å². The second kappa shape index (κ2) is 10.8. The molecule has 0 spiro atoms. The average molecular weight is 504 g/mol. The third-order valence-electron chi connectivity index (χ3n) is 6.84. The molecule has 3 aromatic heterocycles. The Hall–Kier alpha value is -3.23. The van der Waals surface area contributed by atoms with Gasteiger partial charge in [-0.25, -0.2) is 9.97 Å². The van der Waals surface area contributed by atoms with Gasteiger partial charge in [0, 0.05) is 43.2 Å². The molecule has 1 saturated carbocycles. The highest BCUT2D eigenvalue weighted by Crippen LogP contribution is 2.34. The lowest BCUT2D eigenvalue weighted by Gasteiger charge is -2.27. The molecule has 7 nitrogen and oxygen atoms in total. The van der Waals surface area contributed by atoms with Gasteiger partial charge in [-0.1, -0.05) is 31.6 Å². The lowest BCUT2D eigenvalue weighted by Crippen LogP contribution is -2.36. The first-order chi connectivity index (χ1) is 17.2. The van der Waals surface area contributed by atoms with Gasteiger partial charge in [0.25, 0.3) is 0 Å². The van der Waals surface area contributed by atoms with Crippen LogP contribution >= 0.6 is 11.3 Å². The van der Waals surface area contributed by atoms with Crippen molar-refractivity contribution in [2.45, 2.75) is 58.1 Å². The molecular weight excluding hydrogens is 470 g/mol. The molecule has 8 heteroatoms. The van der Waals surface area contributed by atoms with E-state index in [0.29, 0.717) is 0 Å². The van der Waals surface area contributed by atoms with Gasteiger partial charge in [0.15, 0.2) is 5.13 Å². The number of ether oxygens (including phenoxy) is 1. The maximum atomic E-state index is 10.3. The zero-order valence-corrected chi connectivity index (χ0v) is 20.4. The van der Waals surface area contributed by atoms with Crippen LogP contribution in [0.3, 0.4) is 0 Å². The Morgan fingerprint density at radius 3 is 2.58 bits per heavy atom. The van der Waals surface area contributed by atoms with Crippen molar-refractivity contribution in [2.24, 2.45) is 0 Å². The van der Waals surface area contributed by atoms with E-state index in [2.05, 4.69) is 26.3 Å². The molecule has 4 aromatic rings. The number of pyridine rings is 2. The number of rotatable bonds is 6. The van der Waals surface area contributed by atoms with E-state index >= 15 is 0 Å². The molecule has 36 heavy (non-hydrogen) atoms. The summed E-state index contributed by atoms with van der Waals surface area (Å²) < 4.78 is 7.26. The van der Waals surface area contributed by atoms with E-state index in [1.807, 2.05) is 42.6 Å². The molecule has 6 rings (SSSR count). The summed E-state index contributed by atoms with van der Waals surface area (Å²) in [5.41, 5.74) is 2.82. The van der Waals surface area contributed by atoms with E-state index in [1.165, 1.54) is 12.8 Å². The van der Waals surface area contributed by atoms with Crippen molar-refractivity contribution in [3.05, 3.63) is 54.9 Å². The molecule has 1 aromatic carbocycles. The Morgan fingerprint density at radius 2 is 1.72 bits per heavy atom. The molecule has 0 radical (unpaired) electrons. The first-order valence-corrected chi connectivity index (χ1v) is 13.2. The number of anilines is 2. The molecule has 2 fully saturated rings. The summed E-state index contributed by atoms with van der Waals surface area (Å²) in [5, 5.41) is 14.6. The van der Waals surface area contributed by atoms with E-state index in [1.54, 1.807) is 17.5 Å². The zero-order valence-electron chi connectivity index (χ0n) is 19.6. The van der Waals surface area contributed by atoms with Gasteiger partial charge in [0.1, 0.15) is 17.3 Å². The maximum absolute atomic E-state index is 10.3. The van der Waals surface area contributed by atoms with Crippen molar-refractivity contribution in [3.63, 3.8) is 0 Å². The number of hydrogen-bond donors (Lipinski definition) is 2. The zero-order chi connectivity index (χ0) is 23.6. The minimum Gasteiger partial charge on any atom is -0.457 e. The Bertz CT molecular complexity index is 1320. The Balaban J connectivity index is 0.00000267. The van der Waals surface area contributed by atoms with Crippen LogP contribution in [0.25, 0.3) is 21.5 Å². The van der Waals surface area contributed by atoms with Gasteiger partial charge in [0.2, 0.25) is 0 Å². The fourth-order valence-corrected chi connectivity index (χ4v) is 5.89. The number of thiazole rings is 1. The molecule has 4 heterocycles. The standard InChI is InChI=1S/C27H29N5O2S.CH4/c33-24-6-2-1-5-21(24)30-27-31-22-8-7-19(17-25(22)35-27)34-20-10-12-28-23(16-20)18-9-11-29-26(15-18)32-13-3-4-14-32;/h7-12,15-17,21,24,33H,1-6,13-14H2,(H,30,31);1H4/t21-,24-;/m1./s1. The lowest BCUT2D eigenvalue weighted by molar-refractivity contribution is 0.116. The molecule has 2 N–H and O–H groups in total. The van der Waals surface area contributed by atoms with Crippen LogP contribution in [-0.4, -0.2) is 45.3 Å². The first-order valence-electron chi connectivity index (χ1n) is 12.4. The van der Waals surface area contributed by atoms with Gasteiger partial charge in [-0.2, -0.15) is 0 Å². The summed E-state index contributed by atoms with van der Waals surface area (Å²) in [7, 11) is 0. The molecule has 2 aliphatic rings. The van der Waals surface area contributed by atoms with Crippen molar-refractivity contribution in [1.29, 1.82) is 0 Å². The molecule has 1 aliphatic carbocycles. The normalized spacial score (nSPS) is 19.8. The summed E-state index contributed by atoms with van der Waals surface area (Å²) in [5.74, 6) is 2.51. The van der Waals surface area contributed by atoms with Crippen molar-refractivity contribution < 1.29 is 9.84 Å². The molecule has 0 unspecified atom stereocenters. The molecule has 0 bridgehead atoms. The van der Waals surface area contributed by atoms with Crippen LogP contribution in [0.15, 0.2) is 54.9 Å². The molecule has 0 amide bonds. The third-order valence-corrected chi connectivity index (χ3v) is 7.79. The molecule has 188 valence electrons. The smallest absolute Gasteiger partial charge is 0.184 e.